The first-order valence-electron chi connectivity index (χ1n) is 8.15. The smallest absolute Gasteiger partial charge is 0.272 e. The van der Waals surface area contributed by atoms with Gasteiger partial charge in [-0.25, -0.2) is 0 Å². The second-order valence-corrected chi connectivity index (χ2v) is 6.46. The second-order valence-electron chi connectivity index (χ2n) is 6.46. The molecule has 0 aromatic carbocycles. The number of aromatic nitrogens is 1. The first-order valence-corrected chi connectivity index (χ1v) is 8.15. The fraction of sp³-hybridized carbons (Fsp3) is 0.588. The highest BCUT2D eigenvalue weighted by molar-refractivity contribution is 5.98. The van der Waals surface area contributed by atoms with Crippen molar-refractivity contribution < 1.29 is 9.59 Å². The molecule has 23 heavy (non-hydrogen) atoms. The molecule has 6 nitrogen and oxygen atoms in total. The number of hydrogen-bond donors (Lipinski definition) is 1. The Hall–Kier alpha value is -1.95. The molecule has 1 aromatic heterocycles. The van der Waals surface area contributed by atoms with E-state index in [0.29, 0.717) is 23.7 Å². The Kier molecular flexibility index (Phi) is 6.10. The molecule has 1 fully saturated rings. The average molecular weight is 318 g/mol. The Bertz CT molecular complexity index is 551. The van der Waals surface area contributed by atoms with Crippen LogP contribution < -0.4 is 5.32 Å². The Morgan fingerprint density at radius 2 is 2.04 bits per heavy atom. The van der Waals surface area contributed by atoms with E-state index in [9.17, 15) is 9.59 Å². The van der Waals surface area contributed by atoms with Crippen molar-refractivity contribution in [1.29, 1.82) is 0 Å². The van der Waals surface area contributed by atoms with Gasteiger partial charge in [0.15, 0.2) is 0 Å². The lowest BCUT2D eigenvalue weighted by atomic mass is 9.99. The first kappa shape index (κ1) is 17.4. The van der Waals surface area contributed by atoms with E-state index < -0.39 is 0 Å². The minimum Gasteiger partial charge on any atom is -0.351 e. The summed E-state index contributed by atoms with van der Waals surface area (Å²) in [5, 5.41) is 2.85. The lowest BCUT2D eigenvalue weighted by Gasteiger charge is -2.30. The minimum absolute atomic E-state index is 0.0835. The van der Waals surface area contributed by atoms with Crippen molar-refractivity contribution in [2.75, 3.05) is 40.3 Å². The summed E-state index contributed by atoms with van der Waals surface area (Å²) < 4.78 is 0. The Labute approximate surface area is 137 Å². The molecule has 1 aliphatic rings. The summed E-state index contributed by atoms with van der Waals surface area (Å²) >= 11 is 0. The number of hydrogen-bond acceptors (Lipinski definition) is 4. The molecule has 0 aliphatic carbocycles. The van der Waals surface area contributed by atoms with Crippen molar-refractivity contribution in [2.45, 2.75) is 19.8 Å². The fourth-order valence-corrected chi connectivity index (χ4v) is 2.56. The van der Waals surface area contributed by atoms with Crippen molar-refractivity contribution in [3.63, 3.8) is 0 Å². The molecule has 0 unspecified atom stereocenters. The largest absolute Gasteiger partial charge is 0.351 e. The van der Waals surface area contributed by atoms with Crippen LogP contribution in [0.2, 0.25) is 0 Å². The average Bonchev–Trinajstić information content (AvgIpc) is 2.54. The Morgan fingerprint density at radius 3 is 2.70 bits per heavy atom. The summed E-state index contributed by atoms with van der Waals surface area (Å²) in [6.45, 7) is 5.08. The van der Waals surface area contributed by atoms with Crippen molar-refractivity contribution in [1.82, 2.24) is 20.1 Å². The number of carbonyl (C=O) groups is 2. The lowest BCUT2D eigenvalue weighted by Crippen LogP contribution is -2.38. The molecule has 2 rings (SSSR count). The highest BCUT2D eigenvalue weighted by Crippen LogP contribution is 2.17. The van der Waals surface area contributed by atoms with Gasteiger partial charge in [0.25, 0.3) is 11.8 Å². The molecule has 126 valence electrons. The van der Waals surface area contributed by atoms with Gasteiger partial charge in [0.05, 0.1) is 0 Å². The summed E-state index contributed by atoms with van der Waals surface area (Å²) in [5.41, 5.74) is 0.826. The van der Waals surface area contributed by atoms with Crippen LogP contribution in [0.3, 0.4) is 0 Å². The third kappa shape index (κ3) is 5.03. The van der Waals surface area contributed by atoms with Gasteiger partial charge < -0.3 is 15.1 Å². The number of rotatable bonds is 5. The van der Waals surface area contributed by atoms with Gasteiger partial charge in [0, 0.05) is 37.9 Å². The van der Waals surface area contributed by atoms with Gasteiger partial charge in [-0.05, 0) is 45.0 Å². The number of carbonyl (C=O) groups excluding carboxylic acids is 2. The second kappa shape index (κ2) is 8.06. The summed E-state index contributed by atoms with van der Waals surface area (Å²) in [7, 11) is 3.91. The third-order valence-electron chi connectivity index (χ3n) is 4.16. The fourth-order valence-electron chi connectivity index (χ4n) is 2.56. The summed E-state index contributed by atoms with van der Waals surface area (Å²) in [5.74, 6) is 0.413. The molecule has 6 heteroatoms. The number of amides is 2. The highest BCUT2D eigenvalue weighted by Gasteiger charge is 2.22. The molecule has 0 atom stereocenters. The SMILES string of the molecule is CC1CCN(C(=O)c2cc(C(=O)NCCN(C)C)ccn2)CC1. The van der Waals surface area contributed by atoms with E-state index in [4.69, 9.17) is 0 Å². The normalized spacial score (nSPS) is 15.7. The van der Waals surface area contributed by atoms with E-state index in [1.54, 1.807) is 12.1 Å². The summed E-state index contributed by atoms with van der Waals surface area (Å²) in [6, 6.07) is 3.23. The predicted molar refractivity (Wildman–Crippen MR) is 89.4 cm³/mol. The van der Waals surface area contributed by atoms with Crippen molar-refractivity contribution in [2.24, 2.45) is 5.92 Å². The maximum absolute atomic E-state index is 12.5. The van der Waals surface area contributed by atoms with Gasteiger partial charge in [0.2, 0.25) is 0 Å². The van der Waals surface area contributed by atoms with Crippen LogP contribution >= 0.6 is 0 Å². The zero-order chi connectivity index (χ0) is 16.8. The van der Waals surface area contributed by atoms with Gasteiger partial charge in [-0.3, -0.25) is 14.6 Å². The molecule has 0 saturated carbocycles. The molecule has 2 heterocycles. The van der Waals surface area contributed by atoms with E-state index in [0.717, 1.165) is 32.5 Å². The van der Waals surface area contributed by atoms with E-state index in [2.05, 4.69) is 17.2 Å². The van der Waals surface area contributed by atoms with Crippen molar-refractivity contribution in [3.05, 3.63) is 29.6 Å². The number of pyridine rings is 1. The Morgan fingerprint density at radius 1 is 1.35 bits per heavy atom. The van der Waals surface area contributed by atoms with Crippen LogP contribution in [0, 0.1) is 5.92 Å². The van der Waals surface area contributed by atoms with Gasteiger partial charge in [0.1, 0.15) is 5.69 Å². The number of likely N-dealkylation sites (N-methyl/N-ethyl adjacent to an activating group) is 1. The van der Waals surface area contributed by atoms with E-state index in [1.165, 1.54) is 6.20 Å². The van der Waals surface area contributed by atoms with Crippen LogP contribution in [0.1, 0.15) is 40.6 Å². The quantitative estimate of drug-likeness (QED) is 0.887. The van der Waals surface area contributed by atoms with E-state index in [1.807, 2.05) is 23.9 Å². The Balaban J connectivity index is 1.98. The van der Waals surface area contributed by atoms with Crippen LogP contribution in [0.4, 0.5) is 0 Å². The molecule has 2 amide bonds. The standard InChI is InChI=1S/C17H26N4O2/c1-13-5-9-21(10-6-13)17(23)15-12-14(4-7-18-15)16(22)19-8-11-20(2)3/h4,7,12-13H,5-6,8-11H2,1-3H3,(H,19,22). The van der Waals surface area contributed by atoms with Crippen LogP contribution in [-0.4, -0.2) is 66.9 Å². The molecule has 0 radical (unpaired) electrons. The molecular weight excluding hydrogens is 292 g/mol. The summed E-state index contributed by atoms with van der Waals surface area (Å²) in [6.07, 6.45) is 3.58. The number of likely N-dealkylation sites (tertiary alicyclic amines) is 1. The maximum Gasteiger partial charge on any atom is 0.272 e. The van der Waals surface area contributed by atoms with Gasteiger partial charge in [-0.2, -0.15) is 0 Å². The molecule has 1 N–H and O–H groups in total. The van der Waals surface area contributed by atoms with Crippen LogP contribution in [-0.2, 0) is 0 Å². The van der Waals surface area contributed by atoms with E-state index in [-0.39, 0.29) is 11.8 Å². The number of nitrogens with one attached hydrogen (secondary N) is 1. The molecule has 1 saturated heterocycles. The van der Waals surface area contributed by atoms with Crippen LogP contribution in [0.5, 0.6) is 0 Å². The van der Waals surface area contributed by atoms with E-state index >= 15 is 0 Å². The number of nitrogens with zero attached hydrogens (tertiary/aromatic N) is 3. The molecule has 0 spiro atoms. The first-order chi connectivity index (χ1) is 11.0. The zero-order valence-electron chi connectivity index (χ0n) is 14.2. The lowest BCUT2D eigenvalue weighted by molar-refractivity contribution is 0.0691. The van der Waals surface area contributed by atoms with Crippen molar-refractivity contribution in [3.8, 4) is 0 Å². The maximum atomic E-state index is 12.5. The predicted octanol–water partition coefficient (Wildman–Crippen LogP) is 1.25. The van der Waals surface area contributed by atoms with Gasteiger partial charge in [-0.15, -0.1) is 0 Å². The van der Waals surface area contributed by atoms with Crippen molar-refractivity contribution >= 4 is 11.8 Å². The molecule has 0 bridgehead atoms. The third-order valence-corrected chi connectivity index (χ3v) is 4.16. The monoisotopic (exact) mass is 318 g/mol. The van der Waals surface area contributed by atoms with Crippen LogP contribution in [0.15, 0.2) is 18.3 Å². The van der Waals surface area contributed by atoms with Gasteiger partial charge in [-0.1, -0.05) is 6.92 Å². The topological polar surface area (TPSA) is 65.5 Å². The van der Waals surface area contributed by atoms with Gasteiger partial charge >= 0.3 is 0 Å². The highest BCUT2D eigenvalue weighted by atomic mass is 16.2. The molecule has 1 aromatic rings. The minimum atomic E-state index is -0.171. The molecule has 1 aliphatic heterocycles. The molecular formula is C17H26N4O2. The van der Waals surface area contributed by atoms with Crippen LogP contribution in [0.25, 0.3) is 0 Å². The zero-order valence-corrected chi connectivity index (χ0v) is 14.2. The number of piperidine rings is 1. The summed E-state index contributed by atoms with van der Waals surface area (Å²) in [4.78, 5) is 32.6.